The Morgan fingerprint density at radius 1 is 1.33 bits per heavy atom. The Balaban J connectivity index is 1.89. The first kappa shape index (κ1) is 15.5. The van der Waals surface area contributed by atoms with E-state index in [9.17, 15) is 4.79 Å². The largest absolute Gasteiger partial charge is 0.491 e. The van der Waals surface area contributed by atoms with Crippen molar-refractivity contribution in [3.05, 3.63) is 51.7 Å². The number of carbonyl (C=O) groups excluding carboxylic acids is 1. The van der Waals surface area contributed by atoms with E-state index in [1.54, 1.807) is 11.4 Å². The van der Waals surface area contributed by atoms with E-state index in [4.69, 9.17) is 15.6 Å². The second-order valence-electron chi connectivity index (χ2n) is 4.45. The molecule has 112 valence electrons. The number of benzene rings is 1. The number of thiophene rings is 1. The Labute approximate surface area is 127 Å². The van der Waals surface area contributed by atoms with Crippen molar-refractivity contribution < 1.29 is 14.6 Å². The third kappa shape index (κ3) is 4.56. The van der Waals surface area contributed by atoms with E-state index in [2.05, 4.69) is 5.32 Å². The van der Waals surface area contributed by atoms with Crippen LogP contribution in [0.5, 0.6) is 5.75 Å². The molecule has 0 fully saturated rings. The zero-order chi connectivity index (χ0) is 15.1. The number of nitrogens with two attached hydrogens (primary N) is 1. The topological polar surface area (TPSA) is 84.6 Å². The van der Waals surface area contributed by atoms with Gasteiger partial charge in [0, 0.05) is 28.9 Å². The molecule has 0 aliphatic heterocycles. The predicted molar refractivity (Wildman–Crippen MR) is 82.4 cm³/mol. The Bertz CT molecular complexity index is 598. The van der Waals surface area contributed by atoms with Crippen LogP contribution in [0.25, 0.3) is 0 Å². The maximum absolute atomic E-state index is 11.0. The van der Waals surface area contributed by atoms with E-state index < -0.39 is 5.91 Å². The van der Waals surface area contributed by atoms with Crippen LogP contribution in [0.4, 0.5) is 0 Å². The highest BCUT2D eigenvalue weighted by molar-refractivity contribution is 7.10. The molecule has 0 aliphatic rings. The summed E-state index contributed by atoms with van der Waals surface area (Å²) in [4.78, 5) is 12.1. The minimum Gasteiger partial charge on any atom is -0.491 e. The molecule has 0 saturated carbocycles. The van der Waals surface area contributed by atoms with E-state index in [-0.39, 0.29) is 13.2 Å². The number of primary amides is 1. The summed E-state index contributed by atoms with van der Waals surface area (Å²) in [5.41, 5.74) is 6.79. The lowest BCUT2D eigenvalue weighted by Crippen LogP contribution is -2.14. The number of rotatable bonds is 8. The smallest absolute Gasteiger partial charge is 0.249 e. The first-order valence-corrected chi connectivity index (χ1v) is 7.48. The van der Waals surface area contributed by atoms with Crippen LogP contribution in [-0.2, 0) is 13.1 Å². The highest BCUT2D eigenvalue weighted by Gasteiger charge is 2.06. The molecule has 0 radical (unpaired) electrons. The maximum atomic E-state index is 11.0. The molecule has 1 heterocycles. The fourth-order valence-electron chi connectivity index (χ4n) is 1.87. The van der Waals surface area contributed by atoms with Crippen LogP contribution in [0.1, 0.15) is 20.8 Å². The fraction of sp³-hybridized carbons (Fsp3) is 0.267. The molecule has 0 spiro atoms. The van der Waals surface area contributed by atoms with Gasteiger partial charge in [0.1, 0.15) is 12.4 Å². The van der Waals surface area contributed by atoms with Crippen LogP contribution in [0.3, 0.4) is 0 Å². The van der Waals surface area contributed by atoms with E-state index in [1.807, 2.05) is 24.3 Å². The van der Waals surface area contributed by atoms with Gasteiger partial charge in [-0.15, -0.1) is 11.3 Å². The van der Waals surface area contributed by atoms with Gasteiger partial charge in [0.25, 0.3) is 0 Å². The van der Waals surface area contributed by atoms with Crippen LogP contribution < -0.4 is 15.8 Å². The molecule has 0 aliphatic carbocycles. The van der Waals surface area contributed by atoms with Gasteiger partial charge in [-0.25, -0.2) is 0 Å². The quantitative estimate of drug-likeness (QED) is 0.690. The van der Waals surface area contributed by atoms with Crippen molar-refractivity contribution in [2.75, 3.05) is 13.2 Å². The molecule has 0 atom stereocenters. The molecule has 0 saturated heterocycles. The minimum absolute atomic E-state index is 0.00709. The molecule has 0 bridgehead atoms. The second-order valence-corrected chi connectivity index (χ2v) is 5.45. The second kappa shape index (κ2) is 7.78. The minimum atomic E-state index is -0.403. The molecule has 0 unspecified atom stereocenters. The first-order valence-electron chi connectivity index (χ1n) is 6.60. The summed E-state index contributed by atoms with van der Waals surface area (Å²) in [5, 5.41) is 13.9. The van der Waals surface area contributed by atoms with E-state index >= 15 is 0 Å². The number of para-hydroxylation sites is 1. The normalized spacial score (nSPS) is 10.5. The predicted octanol–water partition coefficient (Wildman–Crippen LogP) is 1.51. The summed E-state index contributed by atoms with van der Waals surface area (Å²) in [7, 11) is 0. The van der Waals surface area contributed by atoms with Crippen LogP contribution in [0.15, 0.2) is 35.7 Å². The van der Waals surface area contributed by atoms with Crippen molar-refractivity contribution in [1.29, 1.82) is 0 Å². The maximum Gasteiger partial charge on any atom is 0.249 e. The van der Waals surface area contributed by atoms with Crippen molar-refractivity contribution in [2.24, 2.45) is 5.73 Å². The zero-order valence-corrected chi connectivity index (χ0v) is 12.4. The van der Waals surface area contributed by atoms with Crippen molar-refractivity contribution in [3.8, 4) is 5.75 Å². The first-order chi connectivity index (χ1) is 10.2. The Morgan fingerprint density at radius 2 is 2.14 bits per heavy atom. The van der Waals surface area contributed by atoms with Crippen LogP contribution in [0.2, 0.25) is 0 Å². The molecule has 1 amide bonds. The fourth-order valence-corrected chi connectivity index (χ4v) is 2.71. The molecule has 1 aromatic heterocycles. The summed E-state index contributed by atoms with van der Waals surface area (Å²) < 4.78 is 5.48. The number of amides is 1. The van der Waals surface area contributed by atoms with Gasteiger partial charge in [0.15, 0.2) is 0 Å². The number of ether oxygens (including phenoxy) is 1. The highest BCUT2D eigenvalue weighted by Crippen LogP contribution is 2.18. The molecule has 21 heavy (non-hydrogen) atoms. The van der Waals surface area contributed by atoms with Gasteiger partial charge in [0.2, 0.25) is 5.91 Å². The summed E-state index contributed by atoms with van der Waals surface area (Å²) in [5.74, 6) is 0.364. The third-order valence-electron chi connectivity index (χ3n) is 2.87. The van der Waals surface area contributed by atoms with Crippen molar-refractivity contribution >= 4 is 17.2 Å². The van der Waals surface area contributed by atoms with Gasteiger partial charge in [-0.2, -0.15) is 0 Å². The monoisotopic (exact) mass is 306 g/mol. The molecule has 6 heteroatoms. The summed E-state index contributed by atoms with van der Waals surface area (Å²) in [6, 6.07) is 9.49. The summed E-state index contributed by atoms with van der Waals surface area (Å²) in [6.45, 7) is 1.58. The van der Waals surface area contributed by atoms with Gasteiger partial charge >= 0.3 is 0 Å². The molecular weight excluding hydrogens is 288 g/mol. The number of carbonyl (C=O) groups is 1. The molecule has 2 rings (SSSR count). The van der Waals surface area contributed by atoms with E-state index in [1.165, 1.54) is 11.3 Å². The number of hydrogen-bond acceptors (Lipinski definition) is 5. The average molecular weight is 306 g/mol. The Kier molecular flexibility index (Phi) is 5.74. The van der Waals surface area contributed by atoms with Crippen molar-refractivity contribution in [3.63, 3.8) is 0 Å². The van der Waals surface area contributed by atoms with Gasteiger partial charge in [-0.05, 0) is 12.1 Å². The molecule has 2 aromatic rings. The zero-order valence-electron chi connectivity index (χ0n) is 11.5. The lowest BCUT2D eigenvalue weighted by atomic mass is 10.2. The van der Waals surface area contributed by atoms with Gasteiger partial charge in [0.05, 0.1) is 12.2 Å². The standard InChI is InChI=1S/C15H18N2O3S/c16-15(19)12-7-13(21-10-12)9-17-8-11-3-1-2-4-14(11)20-6-5-18/h1-4,7,10,17-18H,5-6,8-9H2,(H2,16,19). The lowest BCUT2D eigenvalue weighted by Gasteiger charge is -2.11. The van der Waals surface area contributed by atoms with Crippen LogP contribution in [-0.4, -0.2) is 24.2 Å². The third-order valence-corrected chi connectivity index (χ3v) is 3.81. The average Bonchev–Trinajstić information content (AvgIpc) is 2.95. The van der Waals surface area contributed by atoms with Crippen LogP contribution in [0, 0.1) is 0 Å². The van der Waals surface area contributed by atoms with Gasteiger partial charge < -0.3 is 20.9 Å². The summed E-state index contributed by atoms with van der Waals surface area (Å²) in [6.07, 6.45) is 0. The molecule has 1 aromatic carbocycles. The van der Waals surface area contributed by atoms with Crippen LogP contribution >= 0.6 is 11.3 Å². The summed E-state index contributed by atoms with van der Waals surface area (Å²) >= 11 is 1.50. The molecule has 4 N–H and O–H groups in total. The Hall–Kier alpha value is -1.89. The SMILES string of the molecule is NC(=O)c1csc(CNCc2ccccc2OCCO)c1. The van der Waals surface area contributed by atoms with Gasteiger partial charge in [-0.3, -0.25) is 4.79 Å². The van der Waals surface area contributed by atoms with E-state index in [0.29, 0.717) is 18.7 Å². The van der Waals surface area contributed by atoms with Gasteiger partial charge in [-0.1, -0.05) is 18.2 Å². The van der Waals surface area contributed by atoms with Crippen molar-refractivity contribution in [1.82, 2.24) is 5.32 Å². The number of aliphatic hydroxyl groups is 1. The van der Waals surface area contributed by atoms with E-state index in [0.717, 1.165) is 16.2 Å². The molecular formula is C15H18N2O3S. The van der Waals surface area contributed by atoms with Crippen molar-refractivity contribution in [2.45, 2.75) is 13.1 Å². The highest BCUT2D eigenvalue weighted by atomic mass is 32.1. The number of aliphatic hydroxyl groups excluding tert-OH is 1. The number of hydrogen-bond donors (Lipinski definition) is 3. The molecule has 5 nitrogen and oxygen atoms in total. The number of nitrogens with one attached hydrogen (secondary N) is 1. The lowest BCUT2D eigenvalue weighted by molar-refractivity contribution is 0.100. The Morgan fingerprint density at radius 3 is 2.86 bits per heavy atom.